The first-order valence-corrected chi connectivity index (χ1v) is 10.6. The molecule has 1 saturated heterocycles. The average Bonchev–Trinajstić information content (AvgIpc) is 3.23. The second-order valence-corrected chi connectivity index (χ2v) is 8.63. The van der Waals surface area contributed by atoms with Gasteiger partial charge in [-0.2, -0.15) is 4.31 Å². The van der Waals surface area contributed by atoms with Gasteiger partial charge in [-0.15, -0.1) is 0 Å². The zero-order chi connectivity index (χ0) is 21.0. The van der Waals surface area contributed by atoms with E-state index in [-0.39, 0.29) is 22.1 Å². The van der Waals surface area contributed by atoms with Gasteiger partial charge in [-0.05, 0) is 49.2 Å². The summed E-state index contributed by atoms with van der Waals surface area (Å²) in [5.74, 6) is -0.476. The molecule has 2 aromatic rings. The highest BCUT2D eigenvalue weighted by Gasteiger charge is 2.28. The number of nitrogens with one attached hydrogen (secondary N) is 2. The van der Waals surface area contributed by atoms with Crippen LogP contribution < -0.4 is 15.4 Å². The van der Waals surface area contributed by atoms with Gasteiger partial charge in [0, 0.05) is 31.4 Å². The number of hydrogen-bond acceptors (Lipinski definition) is 5. The highest BCUT2D eigenvalue weighted by molar-refractivity contribution is 7.89. The first kappa shape index (κ1) is 20.8. The molecule has 1 fully saturated rings. The van der Waals surface area contributed by atoms with Crippen molar-refractivity contribution in [2.45, 2.75) is 24.7 Å². The normalized spacial score (nSPS) is 14.4. The number of methoxy groups -OCH3 is 1. The Hall–Kier alpha value is -2.91. The third kappa shape index (κ3) is 4.75. The summed E-state index contributed by atoms with van der Waals surface area (Å²) < 4.78 is 32.3. The summed E-state index contributed by atoms with van der Waals surface area (Å²) >= 11 is 0. The zero-order valence-electron chi connectivity index (χ0n) is 16.3. The van der Waals surface area contributed by atoms with E-state index in [0.29, 0.717) is 24.5 Å². The molecule has 0 radical (unpaired) electrons. The van der Waals surface area contributed by atoms with Crippen LogP contribution >= 0.6 is 0 Å². The van der Waals surface area contributed by atoms with E-state index in [1.54, 1.807) is 24.3 Å². The van der Waals surface area contributed by atoms with Crippen LogP contribution in [0.5, 0.6) is 5.75 Å². The van der Waals surface area contributed by atoms with Gasteiger partial charge in [0.2, 0.25) is 15.9 Å². The molecular formula is C20H23N3O5S. The van der Waals surface area contributed by atoms with Crippen molar-refractivity contribution in [1.82, 2.24) is 4.31 Å². The Morgan fingerprint density at radius 2 is 1.66 bits per heavy atom. The maximum absolute atomic E-state index is 12.8. The molecule has 154 valence electrons. The van der Waals surface area contributed by atoms with Crippen molar-refractivity contribution in [3.05, 3.63) is 48.0 Å². The highest BCUT2D eigenvalue weighted by Crippen LogP contribution is 2.27. The number of carbonyl (C=O) groups is 2. The van der Waals surface area contributed by atoms with Crippen LogP contribution in [0.3, 0.4) is 0 Å². The predicted octanol–water partition coefficient (Wildman–Crippen LogP) is 2.69. The molecule has 0 unspecified atom stereocenters. The first-order valence-electron chi connectivity index (χ1n) is 9.18. The number of amides is 2. The fraction of sp³-hybridized carbons (Fsp3) is 0.300. The summed E-state index contributed by atoms with van der Waals surface area (Å²) in [6.45, 7) is 2.35. The first-order chi connectivity index (χ1) is 13.8. The second-order valence-electron chi connectivity index (χ2n) is 6.69. The van der Waals surface area contributed by atoms with Crippen molar-refractivity contribution in [2.75, 3.05) is 30.8 Å². The molecule has 1 heterocycles. The Morgan fingerprint density at radius 1 is 1.00 bits per heavy atom. The van der Waals surface area contributed by atoms with E-state index >= 15 is 0 Å². The second kappa shape index (κ2) is 8.62. The molecule has 9 heteroatoms. The Kier molecular flexibility index (Phi) is 6.19. The number of hydrogen-bond donors (Lipinski definition) is 2. The number of ether oxygens (including phenoxy) is 1. The van der Waals surface area contributed by atoms with Crippen LogP contribution in [0.2, 0.25) is 0 Å². The van der Waals surface area contributed by atoms with Crippen molar-refractivity contribution >= 4 is 33.2 Å². The van der Waals surface area contributed by atoms with E-state index < -0.39 is 15.9 Å². The van der Waals surface area contributed by atoms with Gasteiger partial charge in [0.1, 0.15) is 5.75 Å². The van der Waals surface area contributed by atoms with Gasteiger partial charge in [-0.3, -0.25) is 9.59 Å². The third-order valence-electron chi connectivity index (χ3n) is 4.56. The lowest BCUT2D eigenvalue weighted by molar-refractivity contribution is -0.114. The average molecular weight is 417 g/mol. The molecule has 2 amide bonds. The Balaban J connectivity index is 1.89. The molecule has 0 aliphatic carbocycles. The SMILES string of the molecule is COc1ccc(S(=O)(=O)N2CCCC2)cc1C(=O)Nc1cccc(NC(C)=O)c1. The van der Waals surface area contributed by atoms with Gasteiger partial charge in [0.15, 0.2) is 0 Å². The number of carbonyl (C=O) groups excluding carboxylic acids is 2. The molecule has 0 aromatic heterocycles. The smallest absolute Gasteiger partial charge is 0.259 e. The summed E-state index contributed by atoms with van der Waals surface area (Å²) in [6.07, 6.45) is 1.65. The van der Waals surface area contributed by atoms with E-state index in [1.807, 2.05) is 0 Å². The Bertz CT molecular complexity index is 1030. The van der Waals surface area contributed by atoms with Crippen LogP contribution in [0, 0.1) is 0 Å². The zero-order valence-corrected chi connectivity index (χ0v) is 17.1. The minimum absolute atomic E-state index is 0.0531. The third-order valence-corrected chi connectivity index (χ3v) is 6.45. The topological polar surface area (TPSA) is 105 Å². The van der Waals surface area contributed by atoms with Crippen LogP contribution in [0.4, 0.5) is 11.4 Å². The molecule has 0 bridgehead atoms. The molecule has 0 saturated carbocycles. The molecule has 2 aromatic carbocycles. The number of rotatable bonds is 6. The summed E-state index contributed by atoms with van der Waals surface area (Å²) in [5, 5.41) is 5.36. The van der Waals surface area contributed by atoms with Crippen molar-refractivity contribution in [3.63, 3.8) is 0 Å². The molecule has 29 heavy (non-hydrogen) atoms. The molecule has 2 N–H and O–H groups in total. The van der Waals surface area contributed by atoms with Crippen molar-refractivity contribution in [3.8, 4) is 5.75 Å². The molecule has 1 aliphatic rings. The van der Waals surface area contributed by atoms with Crippen LogP contribution in [0.25, 0.3) is 0 Å². The van der Waals surface area contributed by atoms with Crippen molar-refractivity contribution in [1.29, 1.82) is 0 Å². The lowest BCUT2D eigenvalue weighted by Gasteiger charge is -2.17. The maximum Gasteiger partial charge on any atom is 0.259 e. The lowest BCUT2D eigenvalue weighted by atomic mass is 10.1. The Labute approximate surface area is 169 Å². The minimum atomic E-state index is -3.66. The van der Waals surface area contributed by atoms with Gasteiger partial charge in [0.25, 0.3) is 5.91 Å². The maximum atomic E-state index is 12.8. The van der Waals surface area contributed by atoms with E-state index in [4.69, 9.17) is 4.74 Å². The molecule has 8 nitrogen and oxygen atoms in total. The number of nitrogens with zero attached hydrogens (tertiary/aromatic N) is 1. The summed E-state index contributed by atoms with van der Waals surface area (Å²) in [6, 6.07) is 10.9. The predicted molar refractivity (Wildman–Crippen MR) is 110 cm³/mol. The van der Waals surface area contributed by atoms with Gasteiger partial charge < -0.3 is 15.4 Å². The van der Waals surface area contributed by atoms with E-state index in [0.717, 1.165) is 12.8 Å². The van der Waals surface area contributed by atoms with Gasteiger partial charge in [-0.1, -0.05) is 6.07 Å². The lowest BCUT2D eigenvalue weighted by Crippen LogP contribution is -2.28. The number of benzene rings is 2. The number of anilines is 2. The van der Waals surface area contributed by atoms with Crippen LogP contribution in [0.15, 0.2) is 47.4 Å². The quantitative estimate of drug-likeness (QED) is 0.752. The standard InChI is InChI=1S/C20H23N3O5S/c1-14(24)21-15-6-5-7-16(12-15)22-20(25)18-13-17(8-9-19(18)28-2)29(26,27)23-10-3-4-11-23/h5-9,12-13H,3-4,10-11H2,1-2H3,(H,21,24)(H,22,25). The molecule has 3 rings (SSSR count). The highest BCUT2D eigenvalue weighted by atomic mass is 32.2. The largest absolute Gasteiger partial charge is 0.496 e. The van der Waals surface area contributed by atoms with Crippen molar-refractivity contribution < 1.29 is 22.7 Å². The van der Waals surface area contributed by atoms with E-state index in [9.17, 15) is 18.0 Å². The molecule has 0 atom stereocenters. The summed E-state index contributed by atoms with van der Waals surface area (Å²) in [4.78, 5) is 24.1. The number of sulfonamides is 1. The van der Waals surface area contributed by atoms with Crippen LogP contribution in [0.1, 0.15) is 30.1 Å². The fourth-order valence-corrected chi connectivity index (χ4v) is 4.72. The van der Waals surface area contributed by atoms with E-state index in [1.165, 1.54) is 36.5 Å². The fourth-order valence-electron chi connectivity index (χ4n) is 3.18. The minimum Gasteiger partial charge on any atom is -0.496 e. The summed E-state index contributed by atoms with van der Waals surface area (Å²) in [5.41, 5.74) is 1.10. The molecular weight excluding hydrogens is 394 g/mol. The van der Waals surface area contributed by atoms with Crippen LogP contribution in [-0.4, -0.2) is 44.7 Å². The van der Waals surface area contributed by atoms with Crippen LogP contribution in [-0.2, 0) is 14.8 Å². The molecule has 0 spiro atoms. The van der Waals surface area contributed by atoms with Gasteiger partial charge in [0.05, 0.1) is 17.6 Å². The van der Waals surface area contributed by atoms with Gasteiger partial charge >= 0.3 is 0 Å². The monoisotopic (exact) mass is 417 g/mol. The molecule has 1 aliphatic heterocycles. The Morgan fingerprint density at radius 3 is 2.28 bits per heavy atom. The summed E-state index contributed by atoms with van der Waals surface area (Å²) in [7, 11) is -2.25. The van der Waals surface area contributed by atoms with Crippen molar-refractivity contribution in [2.24, 2.45) is 0 Å². The van der Waals surface area contributed by atoms with E-state index in [2.05, 4.69) is 10.6 Å². The van der Waals surface area contributed by atoms with Gasteiger partial charge in [-0.25, -0.2) is 8.42 Å².